The van der Waals surface area contributed by atoms with Gasteiger partial charge in [-0.3, -0.25) is 14.6 Å². The molecular formula is C20H18N4O2S. The highest BCUT2D eigenvalue weighted by molar-refractivity contribution is 7.13. The SMILES string of the molecule is O=C(Nc1nccs1)C1CCCN1C(=O)C=Cc1cccc2cccnc12. The second-order valence-electron chi connectivity index (χ2n) is 6.27. The number of carbonyl (C=O) groups excluding carboxylic acids is 2. The van der Waals surface area contributed by atoms with E-state index >= 15 is 0 Å². The Morgan fingerprint density at radius 2 is 2.07 bits per heavy atom. The molecule has 0 aliphatic carbocycles. The molecule has 1 aromatic carbocycles. The number of hydrogen-bond donors (Lipinski definition) is 1. The summed E-state index contributed by atoms with van der Waals surface area (Å²) in [5.41, 5.74) is 1.73. The van der Waals surface area contributed by atoms with E-state index in [1.165, 1.54) is 17.4 Å². The van der Waals surface area contributed by atoms with Gasteiger partial charge in [-0.2, -0.15) is 0 Å². The van der Waals surface area contributed by atoms with Crippen LogP contribution in [0.5, 0.6) is 0 Å². The first kappa shape index (κ1) is 17.4. The number of para-hydroxylation sites is 1. The van der Waals surface area contributed by atoms with Gasteiger partial charge in [0.25, 0.3) is 0 Å². The summed E-state index contributed by atoms with van der Waals surface area (Å²) >= 11 is 1.36. The van der Waals surface area contributed by atoms with Crippen molar-refractivity contribution < 1.29 is 9.59 Å². The molecular weight excluding hydrogens is 360 g/mol. The molecule has 1 atom stereocenters. The van der Waals surface area contributed by atoms with E-state index in [1.807, 2.05) is 30.3 Å². The van der Waals surface area contributed by atoms with Gasteiger partial charge >= 0.3 is 0 Å². The Kier molecular flexibility index (Phi) is 4.93. The molecule has 1 N–H and O–H groups in total. The molecule has 3 heterocycles. The predicted octanol–water partition coefficient (Wildman–Crippen LogP) is 3.33. The van der Waals surface area contributed by atoms with E-state index in [2.05, 4.69) is 15.3 Å². The first-order chi connectivity index (χ1) is 13.2. The maximum Gasteiger partial charge on any atom is 0.248 e. The minimum absolute atomic E-state index is 0.167. The molecule has 3 aromatic rings. The second-order valence-corrected chi connectivity index (χ2v) is 7.17. The number of nitrogens with zero attached hydrogens (tertiary/aromatic N) is 3. The van der Waals surface area contributed by atoms with E-state index < -0.39 is 6.04 Å². The van der Waals surface area contributed by atoms with Crippen molar-refractivity contribution in [3.63, 3.8) is 0 Å². The minimum Gasteiger partial charge on any atom is -0.327 e. The van der Waals surface area contributed by atoms with Crippen molar-refractivity contribution in [2.45, 2.75) is 18.9 Å². The zero-order valence-electron chi connectivity index (χ0n) is 14.5. The van der Waals surface area contributed by atoms with Gasteiger partial charge in [0.2, 0.25) is 11.8 Å². The van der Waals surface area contributed by atoms with Crippen molar-refractivity contribution in [2.75, 3.05) is 11.9 Å². The van der Waals surface area contributed by atoms with Gasteiger partial charge in [0.1, 0.15) is 6.04 Å². The highest BCUT2D eigenvalue weighted by Crippen LogP contribution is 2.22. The van der Waals surface area contributed by atoms with Crippen LogP contribution in [-0.2, 0) is 9.59 Å². The van der Waals surface area contributed by atoms with Gasteiger partial charge in [-0.1, -0.05) is 24.3 Å². The molecule has 0 saturated carbocycles. The standard InChI is InChI=1S/C20H18N4O2S/c25-17(9-8-15-5-1-4-14-6-2-10-21-18(14)15)24-12-3-7-16(24)19(26)23-20-22-11-13-27-20/h1-2,4-6,8-11,13,16H,3,7,12H2,(H,22,23,26). The third kappa shape index (κ3) is 3.73. The van der Waals surface area contributed by atoms with Crippen LogP contribution in [0.2, 0.25) is 0 Å². The number of aromatic nitrogens is 2. The largest absolute Gasteiger partial charge is 0.327 e. The van der Waals surface area contributed by atoms with E-state index in [-0.39, 0.29) is 11.8 Å². The molecule has 6 nitrogen and oxygen atoms in total. The van der Waals surface area contributed by atoms with E-state index in [4.69, 9.17) is 0 Å². The number of fused-ring (bicyclic) bond motifs is 1. The summed E-state index contributed by atoms with van der Waals surface area (Å²) in [4.78, 5) is 35.3. The van der Waals surface area contributed by atoms with E-state index in [1.54, 1.807) is 28.7 Å². The molecule has 2 amide bonds. The van der Waals surface area contributed by atoms with Crippen molar-refractivity contribution in [3.8, 4) is 0 Å². The number of benzene rings is 1. The van der Waals surface area contributed by atoms with E-state index in [9.17, 15) is 9.59 Å². The van der Waals surface area contributed by atoms with Crippen LogP contribution in [0.1, 0.15) is 18.4 Å². The molecule has 1 fully saturated rings. The highest BCUT2D eigenvalue weighted by atomic mass is 32.1. The maximum absolute atomic E-state index is 12.7. The molecule has 1 aliphatic heterocycles. The minimum atomic E-state index is -0.461. The summed E-state index contributed by atoms with van der Waals surface area (Å²) in [5, 5.41) is 6.16. The lowest BCUT2D eigenvalue weighted by molar-refractivity contribution is -0.132. The maximum atomic E-state index is 12.7. The van der Waals surface area contributed by atoms with Gasteiger partial charge in [0.15, 0.2) is 5.13 Å². The number of thiazole rings is 1. The fourth-order valence-corrected chi connectivity index (χ4v) is 3.83. The van der Waals surface area contributed by atoms with Crippen LogP contribution in [0, 0.1) is 0 Å². The summed E-state index contributed by atoms with van der Waals surface area (Å²) in [6.45, 7) is 0.576. The number of carbonyl (C=O) groups is 2. The lowest BCUT2D eigenvalue weighted by Crippen LogP contribution is -2.42. The average molecular weight is 378 g/mol. The van der Waals surface area contributed by atoms with Crippen LogP contribution in [0.3, 0.4) is 0 Å². The summed E-state index contributed by atoms with van der Waals surface area (Å²) in [6.07, 6.45) is 8.14. The monoisotopic (exact) mass is 378 g/mol. The van der Waals surface area contributed by atoms with Crippen LogP contribution in [0.4, 0.5) is 5.13 Å². The summed E-state index contributed by atoms with van der Waals surface area (Å²) < 4.78 is 0. The molecule has 2 aromatic heterocycles. The Hall–Kier alpha value is -3.06. The quantitative estimate of drug-likeness (QED) is 0.707. The van der Waals surface area contributed by atoms with Gasteiger partial charge in [-0.05, 0) is 25.0 Å². The Balaban J connectivity index is 1.49. The van der Waals surface area contributed by atoms with Crippen LogP contribution < -0.4 is 5.32 Å². The molecule has 4 rings (SSSR count). The molecule has 27 heavy (non-hydrogen) atoms. The molecule has 0 spiro atoms. The van der Waals surface area contributed by atoms with E-state index in [0.717, 1.165) is 22.9 Å². The lowest BCUT2D eigenvalue weighted by Gasteiger charge is -2.22. The number of nitrogens with one attached hydrogen (secondary N) is 1. The zero-order chi connectivity index (χ0) is 18.6. The number of hydrogen-bond acceptors (Lipinski definition) is 5. The number of rotatable bonds is 4. The van der Waals surface area contributed by atoms with Gasteiger partial charge < -0.3 is 10.2 Å². The average Bonchev–Trinajstić information content (AvgIpc) is 3.38. The Morgan fingerprint density at radius 1 is 1.19 bits per heavy atom. The first-order valence-corrected chi connectivity index (χ1v) is 9.63. The smallest absolute Gasteiger partial charge is 0.248 e. The Labute approximate surface area is 160 Å². The van der Waals surface area contributed by atoms with Crippen molar-refractivity contribution in [3.05, 3.63) is 59.7 Å². The number of likely N-dealkylation sites (tertiary alicyclic amines) is 1. The zero-order valence-corrected chi connectivity index (χ0v) is 15.4. The summed E-state index contributed by atoms with van der Waals surface area (Å²) in [7, 11) is 0. The van der Waals surface area contributed by atoms with Crippen LogP contribution in [0.15, 0.2) is 54.2 Å². The van der Waals surface area contributed by atoms with Crippen molar-refractivity contribution >= 4 is 45.3 Å². The molecule has 1 aliphatic rings. The summed E-state index contributed by atoms with van der Waals surface area (Å²) in [6, 6.07) is 9.26. The normalized spacial score (nSPS) is 16.9. The highest BCUT2D eigenvalue weighted by Gasteiger charge is 2.33. The second kappa shape index (κ2) is 7.67. The molecule has 136 valence electrons. The predicted molar refractivity (Wildman–Crippen MR) is 106 cm³/mol. The van der Waals surface area contributed by atoms with Gasteiger partial charge in [-0.25, -0.2) is 4.98 Å². The molecule has 7 heteroatoms. The molecule has 1 saturated heterocycles. The topological polar surface area (TPSA) is 75.2 Å². The molecule has 1 unspecified atom stereocenters. The van der Waals surface area contributed by atoms with Crippen molar-refractivity contribution in [2.24, 2.45) is 0 Å². The van der Waals surface area contributed by atoms with Crippen molar-refractivity contribution in [1.82, 2.24) is 14.9 Å². The number of pyridine rings is 1. The number of anilines is 1. The Bertz CT molecular complexity index is 995. The number of amides is 2. The lowest BCUT2D eigenvalue weighted by atomic mass is 10.1. The molecule has 0 radical (unpaired) electrons. The van der Waals surface area contributed by atoms with Crippen LogP contribution >= 0.6 is 11.3 Å². The van der Waals surface area contributed by atoms with Gasteiger partial charge in [0.05, 0.1) is 5.52 Å². The van der Waals surface area contributed by atoms with Crippen molar-refractivity contribution in [1.29, 1.82) is 0 Å². The molecule has 0 bridgehead atoms. The fourth-order valence-electron chi connectivity index (χ4n) is 3.30. The van der Waals surface area contributed by atoms with Crippen LogP contribution in [-0.4, -0.2) is 39.3 Å². The Morgan fingerprint density at radius 3 is 2.93 bits per heavy atom. The fraction of sp³-hybridized carbons (Fsp3) is 0.200. The van der Waals surface area contributed by atoms with Gasteiger partial charge in [0, 0.05) is 41.3 Å². The first-order valence-electron chi connectivity index (χ1n) is 8.75. The van der Waals surface area contributed by atoms with E-state index in [0.29, 0.717) is 18.1 Å². The van der Waals surface area contributed by atoms with Crippen LogP contribution in [0.25, 0.3) is 17.0 Å². The third-order valence-electron chi connectivity index (χ3n) is 4.57. The third-order valence-corrected chi connectivity index (χ3v) is 5.26. The summed E-state index contributed by atoms with van der Waals surface area (Å²) in [5.74, 6) is -0.351. The van der Waals surface area contributed by atoms with Gasteiger partial charge in [-0.15, -0.1) is 11.3 Å².